The zero-order valence-electron chi connectivity index (χ0n) is 9.99. The van der Waals surface area contributed by atoms with Gasteiger partial charge in [0, 0.05) is 6.54 Å². The van der Waals surface area contributed by atoms with Crippen molar-refractivity contribution in [2.75, 3.05) is 12.3 Å². The van der Waals surface area contributed by atoms with Gasteiger partial charge in [0.1, 0.15) is 5.25 Å². The van der Waals surface area contributed by atoms with Crippen molar-refractivity contribution >= 4 is 29.7 Å². The topological polar surface area (TPSA) is 95.5 Å². The van der Waals surface area contributed by atoms with Gasteiger partial charge >= 0.3 is 12.0 Å². The summed E-state index contributed by atoms with van der Waals surface area (Å²) in [4.78, 5) is 33.0. The fraction of sp³-hybridized carbons (Fsp3) is 0.700. The molecule has 98 valence electrons. The number of hydrogen-bond donors (Lipinski definition) is 3. The number of carboxylic acid groups (broad SMARTS) is 1. The van der Waals surface area contributed by atoms with Crippen LogP contribution >= 0.6 is 11.8 Å². The second-order valence-electron chi connectivity index (χ2n) is 3.35. The van der Waals surface area contributed by atoms with E-state index >= 15 is 0 Å². The first-order chi connectivity index (χ1) is 8.01. The van der Waals surface area contributed by atoms with E-state index in [1.807, 2.05) is 6.92 Å². The number of thioether (sulfide) groups is 1. The van der Waals surface area contributed by atoms with Gasteiger partial charge in [0.2, 0.25) is 5.91 Å². The normalized spacial score (nSPS) is 11.6. The molecule has 6 nitrogen and oxygen atoms in total. The maximum atomic E-state index is 11.3. The molecule has 0 bridgehead atoms. The molecular weight excluding hydrogens is 244 g/mol. The van der Waals surface area contributed by atoms with Crippen molar-refractivity contribution in [1.29, 1.82) is 0 Å². The SMILES string of the molecule is CCCNC(=O)NC(=O)CSC(CC)C(=O)O. The molecule has 0 aromatic heterocycles. The number of carbonyl (C=O) groups is 3. The number of amides is 3. The van der Waals surface area contributed by atoms with Gasteiger partial charge in [-0.05, 0) is 12.8 Å². The Morgan fingerprint density at radius 1 is 1.29 bits per heavy atom. The van der Waals surface area contributed by atoms with Crippen LogP contribution < -0.4 is 10.6 Å². The second-order valence-corrected chi connectivity index (χ2v) is 4.54. The van der Waals surface area contributed by atoms with Crippen LogP contribution in [0.3, 0.4) is 0 Å². The van der Waals surface area contributed by atoms with E-state index in [9.17, 15) is 14.4 Å². The molecule has 1 atom stereocenters. The molecule has 0 saturated carbocycles. The number of hydrogen-bond acceptors (Lipinski definition) is 4. The van der Waals surface area contributed by atoms with Gasteiger partial charge in [-0.3, -0.25) is 14.9 Å². The van der Waals surface area contributed by atoms with Gasteiger partial charge in [0.05, 0.1) is 5.75 Å². The predicted molar refractivity (Wildman–Crippen MR) is 66.0 cm³/mol. The number of carbonyl (C=O) groups excluding carboxylic acids is 2. The van der Waals surface area contributed by atoms with E-state index in [1.165, 1.54) is 0 Å². The van der Waals surface area contributed by atoms with Crippen LogP contribution in [-0.2, 0) is 9.59 Å². The molecule has 0 saturated heterocycles. The van der Waals surface area contributed by atoms with Crippen molar-refractivity contribution in [3.05, 3.63) is 0 Å². The summed E-state index contributed by atoms with van der Waals surface area (Å²) in [5, 5.41) is 12.8. The molecule has 0 aliphatic carbocycles. The lowest BCUT2D eigenvalue weighted by atomic mass is 10.3. The third kappa shape index (κ3) is 7.62. The Hall–Kier alpha value is -1.24. The van der Waals surface area contributed by atoms with Crippen LogP contribution in [0.1, 0.15) is 26.7 Å². The van der Waals surface area contributed by atoms with Crippen LogP contribution in [0.25, 0.3) is 0 Å². The first kappa shape index (κ1) is 15.8. The highest BCUT2D eigenvalue weighted by Gasteiger charge is 2.17. The van der Waals surface area contributed by atoms with E-state index in [0.29, 0.717) is 13.0 Å². The third-order valence-corrected chi connectivity index (χ3v) is 3.22. The van der Waals surface area contributed by atoms with Gasteiger partial charge in [0.15, 0.2) is 0 Å². The Morgan fingerprint density at radius 3 is 2.41 bits per heavy atom. The fourth-order valence-corrected chi connectivity index (χ4v) is 1.79. The number of imide groups is 1. The minimum absolute atomic E-state index is 0.0373. The van der Waals surface area contributed by atoms with E-state index in [2.05, 4.69) is 10.6 Å². The number of urea groups is 1. The Balaban J connectivity index is 3.86. The molecule has 0 rings (SSSR count). The molecule has 0 radical (unpaired) electrons. The van der Waals surface area contributed by atoms with Gasteiger partial charge in [-0.2, -0.15) is 0 Å². The summed E-state index contributed by atoms with van der Waals surface area (Å²) in [5.41, 5.74) is 0. The van der Waals surface area contributed by atoms with E-state index in [0.717, 1.165) is 18.2 Å². The molecule has 0 aliphatic heterocycles. The molecule has 3 amide bonds. The van der Waals surface area contributed by atoms with E-state index < -0.39 is 23.2 Å². The summed E-state index contributed by atoms with van der Waals surface area (Å²) in [6, 6.07) is -0.541. The van der Waals surface area contributed by atoms with Crippen molar-refractivity contribution < 1.29 is 19.5 Å². The van der Waals surface area contributed by atoms with Crippen LogP contribution in [0.4, 0.5) is 4.79 Å². The van der Waals surface area contributed by atoms with Gasteiger partial charge < -0.3 is 10.4 Å². The third-order valence-electron chi connectivity index (χ3n) is 1.85. The molecule has 0 fully saturated rings. The predicted octanol–water partition coefficient (Wildman–Crippen LogP) is 0.819. The summed E-state index contributed by atoms with van der Waals surface area (Å²) in [6.07, 6.45) is 1.22. The van der Waals surface area contributed by atoms with Crippen LogP contribution in [0, 0.1) is 0 Å². The average Bonchev–Trinajstić information content (AvgIpc) is 2.26. The molecule has 0 aliphatic rings. The number of aliphatic carboxylic acids is 1. The maximum absolute atomic E-state index is 11.3. The monoisotopic (exact) mass is 262 g/mol. The van der Waals surface area contributed by atoms with E-state index in [-0.39, 0.29) is 5.75 Å². The Bertz CT molecular complexity index is 283. The minimum atomic E-state index is -0.944. The zero-order chi connectivity index (χ0) is 13.3. The average molecular weight is 262 g/mol. The molecule has 0 spiro atoms. The molecule has 3 N–H and O–H groups in total. The highest BCUT2D eigenvalue weighted by atomic mass is 32.2. The lowest BCUT2D eigenvalue weighted by molar-refractivity contribution is -0.136. The summed E-state index contributed by atoms with van der Waals surface area (Å²) < 4.78 is 0. The lowest BCUT2D eigenvalue weighted by Gasteiger charge is -2.09. The van der Waals surface area contributed by atoms with Gasteiger partial charge in [0.25, 0.3) is 0 Å². The number of rotatable bonds is 7. The van der Waals surface area contributed by atoms with Crippen LogP contribution in [0.2, 0.25) is 0 Å². The zero-order valence-corrected chi connectivity index (χ0v) is 10.8. The smallest absolute Gasteiger partial charge is 0.321 e. The molecule has 0 aromatic carbocycles. The summed E-state index contributed by atoms with van der Waals surface area (Å²) >= 11 is 1.01. The highest BCUT2D eigenvalue weighted by molar-refractivity contribution is 8.01. The van der Waals surface area contributed by atoms with Crippen LogP contribution in [0.15, 0.2) is 0 Å². The van der Waals surface area contributed by atoms with Crippen molar-refractivity contribution in [3.63, 3.8) is 0 Å². The van der Waals surface area contributed by atoms with Crippen molar-refractivity contribution in [3.8, 4) is 0 Å². The Kier molecular flexibility index (Phi) is 8.21. The molecule has 0 aromatic rings. The molecule has 1 unspecified atom stereocenters. The Labute approximate surface area is 105 Å². The van der Waals surface area contributed by atoms with Gasteiger partial charge in [-0.25, -0.2) is 4.79 Å². The van der Waals surface area contributed by atoms with Crippen LogP contribution in [-0.4, -0.2) is 40.6 Å². The van der Waals surface area contributed by atoms with Crippen molar-refractivity contribution in [1.82, 2.24) is 10.6 Å². The maximum Gasteiger partial charge on any atom is 0.321 e. The number of carboxylic acids is 1. The number of nitrogens with one attached hydrogen (secondary N) is 2. The van der Waals surface area contributed by atoms with Crippen LogP contribution in [0.5, 0.6) is 0 Å². The second kappa shape index (κ2) is 8.86. The van der Waals surface area contributed by atoms with Crippen molar-refractivity contribution in [2.45, 2.75) is 31.9 Å². The summed E-state index contributed by atoms with van der Waals surface area (Å²) in [6.45, 7) is 4.13. The first-order valence-corrected chi connectivity index (χ1v) is 6.48. The first-order valence-electron chi connectivity index (χ1n) is 5.43. The van der Waals surface area contributed by atoms with Gasteiger partial charge in [-0.15, -0.1) is 11.8 Å². The minimum Gasteiger partial charge on any atom is -0.480 e. The Morgan fingerprint density at radius 2 is 1.94 bits per heavy atom. The largest absolute Gasteiger partial charge is 0.480 e. The standard InChI is InChI=1S/C10H18N2O4S/c1-3-5-11-10(16)12-8(13)6-17-7(4-2)9(14)15/h7H,3-6H2,1-2H3,(H,14,15)(H2,11,12,13,16). The summed E-state index contributed by atoms with van der Waals surface area (Å²) in [5.74, 6) is -1.46. The quantitative estimate of drug-likeness (QED) is 0.631. The molecule has 0 heterocycles. The van der Waals surface area contributed by atoms with E-state index in [4.69, 9.17) is 5.11 Å². The lowest BCUT2D eigenvalue weighted by Crippen LogP contribution is -2.40. The van der Waals surface area contributed by atoms with Crippen molar-refractivity contribution in [2.24, 2.45) is 0 Å². The highest BCUT2D eigenvalue weighted by Crippen LogP contribution is 2.13. The van der Waals surface area contributed by atoms with Gasteiger partial charge in [-0.1, -0.05) is 13.8 Å². The fourth-order valence-electron chi connectivity index (χ4n) is 0.985. The van der Waals surface area contributed by atoms with E-state index in [1.54, 1.807) is 6.92 Å². The molecule has 17 heavy (non-hydrogen) atoms. The molecular formula is C10H18N2O4S. The molecule has 7 heteroatoms. The summed E-state index contributed by atoms with van der Waals surface area (Å²) in [7, 11) is 0.